The molecule has 0 fully saturated rings. The average Bonchev–Trinajstić information content (AvgIpc) is 3.19. The number of hydrogen-bond donors (Lipinski definition) is 0. The predicted molar refractivity (Wildman–Crippen MR) is 105 cm³/mol. The molecule has 2 heterocycles. The number of thiophene rings is 1. The van der Waals surface area contributed by atoms with Crippen molar-refractivity contribution >= 4 is 49.9 Å². The molecule has 6 nitrogen and oxygen atoms in total. The monoisotopic (exact) mass is 385 g/mol. The molecule has 0 aliphatic rings. The Balaban J connectivity index is 1.93. The van der Waals surface area contributed by atoms with Crippen molar-refractivity contribution in [3.8, 4) is 0 Å². The van der Waals surface area contributed by atoms with Crippen LogP contribution in [0.4, 0.5) is 5.00 Å². The summed E-state index contributed by atoms with van der Waals surface area (Å²) >= 11 is 2.45. The molecule has 132 valence electrons. The number of allylic oxidation sites excluding steroid dienone is 1. The number of aryl methyl sites for hydroxylation is 1. The van der Waals surface area contributed by atoms with E-state index in [1.54, 1.807) is 18.2 Å². The SMILES string of the molecule is C=CCn1c(=NC(=O)C=Cc2ccc([N+](=O)[O-])s2)sc2cc(C)ccc21. The molecule has 0 aliphatic carbocycles. The molecule has 26 heavy (non-hydrogen) atoms. The van der Waals surface area contributed by atoms with Crippen LogP contribution in [0.3, 0.4) is 0 Å². The summed E-state index contributed by atoms with van der Waals surface area (Å²) in [4.78, 5) is 27.9. The van der Waals surface area contributed by atoms with Crippen LogP contribution in [0.25, 0.3) is 16.3 Å². The molecule has 0 saturated carbocycles. The van der Waals surface area contributed by atoms with Gasteiger partial charge in [-0.1, -0.05) is 34.8 Å². The highest BCUT2D eigenvalue weighted by atomic mass is 32.1. The Labute approximate surface area is 157 Å². The van der Waals surface area contributed by atoms with Gasteiger partial charge in [-0.3, -0.25) is 14.9 Å². The van der Waals surface area contributed by atoms with Crippen LogP contribution in [0.2, 0.25) is 0 Å². The number of fused-ring (bicyclic) bond motifs is 1. The van der Waals surface area contributed by atoms with Crippen molar-refractivity contribution in [1.29, 1.82) is 0 Å². The summed E-state index contributed by atoms with van der Waals surface area (Å²) in [6.07, 6.45) is 4.62. The molecule has 1 aromatic carbocycles. The minimum Gasteiger partial charge on any atom is -0.312 e. The second-order valence-electron chi connectivity index (χ2n) is 5.47. The lowest BCUT2D eigenvalue weighted by Gasteiger charge is -2.00. The van der Waals surface area contributed by atoms with Crippen molar-refractivity contribution < 1.29 is 9.72 Å². The van der Waals surface area contributed by atoms with E-state index in [2.05, 4.69) is 17.6 Å². The molecule has 0 N–H and O–H groups in total. The fourth-order valence-corrected chi connectivity index (χ4v) is 4.25. The van der Waals surface area contributed by atoms with Crippen LogP contribution in [-0.4, -0.2) is 15.4 Å². The Morgan fingerprint density at radius 2 is 2.15 bits per heavy atom. The van der Waals surface area contributed by atoms with Gasteiger partial charge in [-0.05, 0) is 36.8 Å². The Morgan fingerprint density at radius 1 is 1.35 bits per heavy atom. The Kier molecular flexibility index (Phi) is 5.24. The van der Waals surface area contributed by atoms with Crippen molar-refractivity contribution in [3.63, 3.8) is 0 Å². The molecule has 2 aromatic heterocycles. The quantitative estimate of drug-likeness (QED) is 0.284. The number of carbonyl (C=O) groups excluding carboxylic acids is 1. The van der Waals surface area contributed by atoms with Gasteiger partial charge in [0.2, 0.25) is 0 Å². The first kappa shape index (κ1) is 18.0. The lowest BCUT2D eigenvalue weighted by atomic mass is 10.2. The lowest BCUT2D eigenvalue weighted by molar-refractivity contribution is -0.380. The zero-order valence-corrected chi connectivity index (χ0v) is 15.5. The van der Waals surface area contributed by atoms with Crippen molar-refractivity contribution in [1.82, 2.24) is 4.57 Å². The third-order valence-electron chi connectivity index (χ3n) is 3.54. The number of benzene rings is 1. The van der Waals surface area contributed by atoms with Crippen LogP contribution in [0, 0.1) is 17.0 Å². The first-order valence-corrected chi connectivity index (χ1v) is 9.33. The van der Waals surface area contributed by atoms with Crippen molar-refractivity contribution in [2.24, 2.45) is 4.99 Å². The molecule has 0 spiro atoms. The first-order chi connectivity index (χ1) is 12.5. The van der Waals surface area contributed by atoms with Gasteiger partial charge in [-0.15, -0.1) is 6.58 Å². The number of nitro groups is 1. The van der Waals surface area contributed by atoms with E-state index in [9.17, 15) is 14.9 Å². The lowest BCUT2D eigenvalue weighted by Crippen LogP contribution is -2.15. The number of carbonyl (C=O) groups is 1. The standard InChI is InChI=1S/C18H15N3O3S2/c1-3-10-20-14-7-4-12(2)11-15(14)26-18(20)19-16(22)8-5-13-6-9-17(25-13)21(23)24/h3-9,11H,1,10H2,2H3. The maximum atomic E-state index is 12.2. The highest BCUT2D eigenvalue weighted by Crippen LogP contribution is 2.24. The zero-order valence-electron chi connectivity index (χ0n) is 13.9. The summed E-state index contributed by atoms with van der Waals surface area (Å²) in [5, 5.41) is 10.7. The molecule has 0 unspecified atom stereocenters. The number of hydrogen-bond acceptors (Lipinski definition) is 5. The van der Waals surface area contributed by atoms with E-state index >= 15 is 0 Å². The summed E-state index contributed by atoms with van der Waals surface area (Å²) in [5.41, 5.74) is 2.14. The fraction of sp³-hybridized carbons (Fsp3) is 0.111. The molecular weight excluding hydrogens is 370 g/mol. The van der Waals surface area contributed by atoms with Gasteiger partial charge >= 0.3 is 5.00 Å². The maximum absolute atomic E-state index is 12.2. The van der Waals surface area contributed by atoms with E-state index in [0.717, 1.165) is 27.1 Å². The van der Waals surface area contributed by atoms with Gasteiger partial charge in [0.05, 0.1) is 15.1 Å². The molecule has 0 saturated heterocycles. The Bertz CT molecular complexity index is 1100. The van der Waals surface area contributed by atoms with Gasteiger partial charge in [0, 0.05) is 23.6 Å². The summed E-state index contributed by atoms with van der Waals surface area (Å²) < 4.78 is 2.99. The van der Waals surface area contributed by atoms with Crippen molar-refractivity contribution in [2.45, 2.75) is 13.5 Å². The number of rotatable bonds is 5. The molecule has 8 heteroatoms. The summed E-state index contributed by atoms with van der Waals surface area (Å²) in [6.45, 7) is 6.33. The van der Waals surface area contributed by atoms with Gasteiger partial charge in [0.1, 0.15) is 0 Å². The number of nitrogens with zero attached hydrogens (tertiary/aromatic N) is 3. The number of aromatic nitrogens is 1. The molecule has 0 bridgehead atoms. The van der Waals surface area contributed by atoms with Crippen molar-refractivity contribution in [3.05, 3.63) is 74.4 Å². The Hall–Kier alpha value is -2.84. The highest BCUT2D eigenvalue weighted by molar-refractivity contribution is 7.16. The smallest absolute Gasteiger partial charge is 0.312 e. The van der Waals surface area contributed by atoms with Gasteiger partial charge in [-0.25, -0.2) is 0 Å². The van der Waals surface area contributed by atoms with Crippen LogP contribution < -0.4 is 4.80 Å². The average molecular weight is 385 g/mol. The van der Waals surface area contributed by atoms with Gasteiger partial charge in [0.15, 0.2) is 4.80 Å². The molecule has 3 aromatic rings. The molecular formula is C18H15N3O3S2. The fourth-order valence-electron chi connectivity index (χ4n) is 2.39. The van der Waals surface area contributed by atoms with Crippen molar-refractivity contribution in [2.75, 3.05) is 0 Å². The van der Waals surface area contributed by atoms with E-state index in [0.29, 0.717) is 16.2 Å². The van der Waals surface area contributed by atoms with E-state index in [1.165, 1.54) is 23.5 Å². The van der Waals surface area contributed by atoms with Gasteiger partial charge in [-0.2, -0.15) is 4.99 Å². The third-order valence-corrected chi connectivity index (χ3v) is 5.58. The largest absolute Gasteiger partial charge is 0.324 e. The molecule has 1 amide bonds. The van der Waals surface area contributed by atoms with Gasteiger partial charge < -0.3 is 4.57 Å². The van der Waals surface area contributed by atoms with Crippen LogP contribution in [0.5, 0.6) is 0 Å². The minimum absolute atomic E-state index is 0.0396. The van der Waals surface area contributed by atoms with Crippen LogP contribution >= 0.6 is 22.7 Å². The maximum Gasteiger partial charge on any atom is 0.324 e. The molecule has 0 radical (unpaired) electrons. The molecule has 3 rings (SSSR count). The van der Waals surface area contributed by atoms with Crippen LogP contribution in [0.15, 0.2) is 54.1 Å². The summed E-state index contributed by atoms with van der Waals surface area (Å²) in [7, 11) is 0. The third kappa shape index (κ3) is 3.87. The second kappa shape index (κ2) is 7.59. The predicted octanol–water partition coefficient (Wildman–Crippen LogP) is 4.31. The second-order valence-corrected chi connectivity index (χ2v) is 7.57. The first-order valence-electron chi connectivity index (χ1n) is 7.70. The van der Waals surface area contributed by atoms with Crippen LogP contribution in [0.1, 0.15) is 10.4 Å². The minimum atomic E-state index is -0.453. The number of amides is 1. The van der Waals surface area contributed by atoms with E-state index in [1.807, 2.05) is 23.6 Å². The van der Waals surface area contributed by atoms with Crippen LogP contribution in [-0.2, 0) is 11.3 Å². The normalized spacial score (nSPS) is 12.1. The molecule has 0 atom stereocenters. The van der Waals surface area contributed by atoms with E-state index in [4.69, 9.17) is 0 Å². The van der Waals surface area contributed by atoms with E-state index < -0.39 is 10.8 Å². The summed E-state index contributed by atoms with van der Waals surface area (Å²) in [5.74, 6) is -0.415. The topological polar surface area (TPSA) is 77.5 Å². The highest BCUT2D eigenvalue weighted by Gasteiger charge is 2.09. The molecule has 0 aliphatic heterocycles. The Morgan fingerprint density at radius 3 is 2.85 bits per heavy atom. The summed E-state index contributed by atoms with van der Waals surface area (Å²) in [6, 6.07) is 9.10. The van der Waals surface area contributed by atoms with Gasteiger partial charge in [0.25, 0.3) is 5.91 Å². The zero-order chi connectivity index (χ0) is 18.7. The van der Waals surface area contributed by atoms with E-state index in [-0.39, 0.29) is 5.00 Å². The number of thiazole rings is 1.